The predicted octanol–water partition coefficient (Wildman–Crippen LogP) is 2.32. The van der Waals surface area contributed by atoms with Gasteiger partial charge in [0.25, 0.3) is 0 Å². The molecule has 1 aromatic heterocycles. The van der Waals surface area contributed by atoms with Gasteiger partial charge in [0, 0.05) is 6.54 Å². The van der Waals surface area contributed by atoms with Crippen LogP contribution in [0, 0.1) is 0 Å². The Morgan fingerprint density at radius 3 is 2.71 bits per heavy atom. The number of hydrogen-bond donors (Lipinski definition) is 1. The Morgan fingerprint density at radius 1 is 1.21 bits per heavy atom. The molecule has 0 unspecified atom stereocenters. The van der Waals surface area contributed by atoms with E-state index in [2.05, 4.69) is 24.0 Å². The summed E-state index contributed by atoms with van der Waals surface area (Å²) in [4.78, 5) is 6.75. The maximum absolute atomic E-state index is 10.2. The van der Waals surface area contributed by atoms with Crippen LogP contribution in [0.3, 0.4) is 0 Å². The lowest BCUT2D eigenvalue weighted by Gasteiger charge is -2.25. The Bertz CT molecular complexity index is 707. The molecule has 2 heterocycles. The maximum Gasteiger partial charge on any atom is 0.246 e. The third kappa shape index (κ3) is 3.19. The molecule has 2 atom stereocenters. The maximum atomic E-state index is 10.2. The van der Waals surface area contributed by atoms with Crippen molar-refractivity contribution in [1.29, 1.82) is 0 Å². The average molecular weight is 328 g/mol. The number of aromatic nitrogens is 3. The molecule has 0 saturated carbocycles. The highest BCUT2D eigenvalue weighted by molar-refractivity contribution is 5.41. The number of ether oxygens (including phenoxy) is 1. The minimum Gasteiger partial charge on any atom is -0.497 e. The minimum absolute atomic E-state index is 0.0223. The highest BCUT2D eigenvalue weighted by Crippen LogP contribution is 2.35. The molecule has 0 aliphatic carbocycles. The van der Waals surface area contributed by atoms with Crippen LogP contribution in [-0.2, 0) is 12.8 Å². The van der Waals surface area contributed by atoms with E-state index in [1.807, 2.05) is 29.2 Å². The van der Waals surface area contributed by atoms with Crippen LogP contribution in [0.4, 0.5) is 5.95 Å². The summed E-state index contributed by atoms with van der Waals surface area (Å²) in [6.45, 7) is 4.65. The number of aryl methyl sites for hydroxylation is 2. The monoisotopic (exact) mass is 328 g/mol. The summed E-state index contributed by atoms with van der Waals surface area (Å²) in [7, 11) is 1.66. The number of methoxy groups -OCH3 is 1. The van der Waals surface area contributed by atoms with Gasteiger partial charge in [-0.05, 0) is 37.0 Å². The van der Waals surface area contributed by atoms with E-state index in [4.69, 9.17) is 9.72 Å². The number of nitrogens with zero attached hydrogens (tertiary/aromatic N) is 4. The summed E-state index contributed by atoms with van der Waals surface area (Å²) in [5.74, 6) is 1.40. The molecule has 6 nitrogen and oxygen atoms in total. The van der Waals surface area contributed by atoms with Crippen LogP contribution in [0.5, 0.6) is 5.75 Å². The molecule has 128 valence electrons. The van der Waals surface area contributed by atoms with Gasteiger partial charge >= 0.3 is 0 Å². The van der Waals surface area contributed by atoms with Crippen molar-refractivity contribution in [1.82, 2.24) is 15.2 Å². The van der Waals surface area contributed by atoms with E-state index in [1.165, 1.54) is 0 Å². The summed E-state index contributed by atoms with van der Waals surface area (Å²) >= 11 is 0. The average Bonchev–Trinajstić information content (AvgIpc) is 3.03. The largest absolute Gasteiger partial charge is 0.497 e. The second kappa shape index (κ2) is 7.13. The first-order valence-corrected chi connectivity index (χ1v) is 8.47. The van der Waals surface area contributed by atoms with Crippen LogP contribution in [0.2, 0.25) is 0 Å². The Balaban J connectivity index is 1.95. The van der Waals surface area contributed by atoms with Gasteiger partial charge in [0.05, 0.1) is 30.6 Å². The van der Waals surface area contributed by atoms with Crippen molar-refractivity contribution in [3.8, 4) is 5.75 Å². The quantitative estimate of drug-likeness (QED) is 0.908. The second-order valence-electron chi connectivity index (χ2n) is 6.05. The van der Waals surface area contributed by atoms with Crippen LogP contribution < -0.4 is 9.64 Å². The number of aliphatic hydroxyl groups is 1. The van der Waals surface area contributed by atoms with Gasteiger partial charge in [-0.15, -0.1) is 5.10 Å². The third-order valence-corrected chi connectivity index (χ3v) is 4.51. The SMILES string of the molecule is CCc1nnc(N2C[C@H](O)C[C@H]2c2cccc(OC)c2)nc1CC. The van der Waals surface area contributed by atoms with E-state index in [0.717, 1.165) is 35.5 Å². The molecule has 1 aliphatic heterocycles. The molecule has 3 rings (SSSR count). The van der Waals surface area contributed by atoms with E-state index in [-0.39, 0.29) is 6.04 Å². The first kappa shape index (κ1) is 16.6. The molecule has 1 saturated heterocycles. The molecular formula is C18H24N4O2. The lowest BCUT2D eigenvalue weighted by atomic mass is 10.0. The van der Waals surface area contributed by atoms with E-state index < -0.39 is 6.10 Å². The van der Waals surface area contributed by atoms with Gasteiger partial charge in [-0.3, -0.25) is 0 Å². The zero-order valence-corrected chi connectivity index (χ0v) is 14.4. The van der Waals surface area contributed by atoms with Crippen LogP contribution in [0.15, 0.2) is 24.3 Å². The van der Waals surface area contributed by atoms with Gasteiger partial charge in [0.2, 0.25) is 5.95 Å². The fourth-order valence-electron chi connectivity index (χ4n) is 3.25. The normalized spacial score (nSPS) is 20.4. The topological polar surface area (TPSA) is 71.4 Å². The molecule has 0 spiro atoms. The van der Waals surface area contributed by atoms with Crippen molar-refractivity contribution in [3.63, 3.8) is 0 Å². The third-order valence-electron chi connectivity index (χ3n) is 4.51. The lowest BCUT2D eigenvalue weighted by molar-refractivity contribution is 0.194. The summed E-state index contributed by atoms with van der Waals surface area (Å²) < 4.78 is 5.32. The van der Waals surface area contributed by atoms with Crippen molar-refractivity contribution in [2.24, 2.45) is 0 Å². The van der Waals surface area contributed by atoms with Crippen molar-refractivity contribution in [2.75, 3.05) is 18.6 Å². The molecule has 2 aromatic rings. The van der Waals surface area contributed by atoms with Crippen LogP contribution in [-0.4, -0.2) is 40.0 Å². The molecule has 1 aromatic carbocycles. The van der Waals surface area contributed by atoms with Gasteiger partial charge in [0.15, 0.2) is 0 Å². The van der Waals surface area contributed by atoms with Gasteiger partial charge < -0.3 is 14.7 Å². The van der Waals surface area contributed by atoms with Gasteiger partial charge in [-0.25, -0.2) is 4.98 Å². The molecule has 1 aliphatic rings. The fraction of sp³-hybridized carbons (Fsp3) is 0.500. The molecule has 0 radical (unpaired) electrons. The molecule has 6 heteroatoms. The van der Waals surface area contributed by atoms with Crippen molar-refractivity contribution in [3.05, 3.63) is 41.2 Å². The fourth-order valence-corrected chi connectivity index (χ4v) is 3.25. The number of aliphatic hydroxyl groups excluding tert-OH is 1. The van der Waals surface area contributed by atoms with E-state index in [9.17, 15) is 5.11 Å². The Hall–Kier alpha value is -2.21. The van der Waals surface area contributed by atoms with Crippen LogP contribution in [0.1, 0.15) is 43.3 Å². The van der Waals surface area contributed by atoms with E-state index in [1.54, 1.807) is 7.11 Å². The first-order chi connectivity index (χ1) is 11.7. The predicted molar refractivity (Wildman–Crippen MR) is 92.3 cm³/mol. The molecule has 0 bridgehead atoms. The Labute approximate surface area is 142 Å². The molecule has 1 fully saturated rings. The van der Waals surface area contributed by atoms with Crippen LogP contribution in [0.25, 0.3) is 0 Å². The minimum atomic E-state index is -0.402. The van der Waals surface area contributed by atoms with Crippen molar-refractivity contribution in [2.45, 2.75) is 45.3 Å². The van der Waals surface area contributed by atoms with Gasteiger partial charge in [-0.1, -0.05) is 26.0 Å². The van der Waals surface area contributed by atoms with Crippen molar-refractivity contribution >= 4 is 5.95 Å². The van der Waals surface area contributed by atoms with Gasteiger partial charge in [-0.2, -0.15) is 5.10 Å². The summed E-state index contributed by atoms with van der Waals surface area (Å²) in [6, 6.07) is 7.96. The smallest absolute Gasteiger partial charge is 0.246 e. The number of hydrogen-bond acceptors (Lipinski definition) is 6. The van der Waals surface area contributed by atoms with Crippen molar-refractivity contribution < 1.29 is 9.84 Å². The van der Waals surface area contributed by atoms with E-state index >= 15 is 0 Å². The Morgan fingerprint density at radius 2 is 2.00 bits per heavy atom. The first-order valence-electron chi connectivity index (χ1n) is 8.47. The Kier molecular flexibility index (Phi) is 4.94. The molecular weight excluding hydrogens is 304 g/mol. The lowest BCUT2D eigenvalue weighted by Crippen LogP contribution is -2.27. The second-order valence-corrected chi connectivity index (χ2v) is 6.05. The zero-order chi connectivity index (χ0) is 17.1. The highest BCUT2D eigenvalue weighted by atomic mass is 16.5. The number of β-amino-alcohol motifs (C(OH)–C–C–N with tert-alkyl or cyclic N) is 1. The zero-order valence-electron chi connectivity index (χ0n) is 14.4. The number of anilines is 1. The standard InChI is InChI=1S/C18H24N4O2/c1-4-15-16(5-2)20-21-18(19-15)22-11-13(23)10-17(22)12-7-6-8-14(9-12)24-3/h6-9,13,17,23H,4-5,10-11H2,1-3H3/t13-,17+/m1/s1. The molecule has 0 amide bonds. The highest BCUT2D eigenvalue weighted by Gasteiger charge is 2.34. The van der Waals surface area contributed by atoms with E-state index in [0.29, 0.717) is 18.9 Å². The van der Waals surface area contributed by atoms with Crippen LogP contribution >= 0.6 is 0 Å². The van der Waals surface area contributed by atoms with Gasteiger partial charge in [0.1, 0.15) is 5.75 Å². The molecule has 1 N–H and O–H groups in total. The summed E-state index contributed by atoms with van der Waals surface area (Å²) in [5.41, 5.74) is 3.01. The molecule has 24 heavy (non-hydrogen) atoms. The number of benzene rings is 1. The summed E-state index contributed by atoms with van der Waals surface area (Å²) in [5, 5.41) is 18.9. The summed E-state index contributed by atoms with van der Waals surface area (Å²) in [6.07, 6.45) is 1.89. The number of rotatable bonds is 5.